The molecule has 1 rings (SSSR count). The number of hydrogen-bond acceptors (Lipinski definition) is 3. The van der Waals surface area contributed by atoms with Gasteiger partial charge in [0.25, 0.3) is 0 Å². The minimum absolute atomic E-state index is 0.0312. The zero-order valence-corrected chi connectivity index (χ0v) is 10.1. The zero-order valence-electron chi connectivity index (χ0n) is 8.50. The zero-order chi connectivity index (χ0) is 11.3. The highest BCUT2D eigenvalue weighted by Gasteiger charge is 2.07. The molecular weight excluding hydrogens is 234 g/mol. The molecule has 1 amide bonds. The van der Waals surface area contributed by atoms with Crippen LogP contribution < -0.4 is 5.32 Å². The topological polar surface area (TPSA) is 49.3 Å². The monoisotopic (exact) mass is 247 g/mol. The molecule has 0 aliphatic heterocycles. The highest BCUT2D eigenvalue weighted by molar-refractivity contribution is 7.10. The maximum atomic E-state index is 11.3. The lowest BCUT2D eigenvalue weighted by Gasteiger charge is -2.09. The van der Waals surface area contributed by atoms with E-state index in [0.717, 1.165) is 9.90 Å². The molecule has 0 saturated carbocycles. The summed E-state index contributed by atoms with van der Waals surface area (Å²) in [6.07, 6.45) is 1.13. The van der Waals surface area contributed by atoms with Crippen molar-refractivity contribution < 1.29 is 9.90 Å². The van der Waals surface area contributed by atoms with E-state index in [9.17, 15) is 4.79 Å². The maximum absolute atomic E-state index is 11.3. The van der Waals surface area contributed by atoms with Gasteiger partial charge in [-0.1, -0.05) is 11.6 Å². The van der Waals surface area contributed by atoms with Crippen LogP contribution in [0.25, 0.3) is 0 Å². The predicted molar refractivity (Wildman–Crippen MR) is 62.3 cm³/mol. The number of hydrogen-bond donors (Lipinski definition) is 2. The molecule has 0 aromatic carbocycles. The van der Waals surface area contributed by atoms with Crippen LogP contribution in [0.2, 0.25) is 5.02 Å². The van der Waals surface area contributed by atoms with Crippen molar-refractivity contribution in [3.63, 3.8) is 0 Å². The van der Waals surface area contributed by atoms with Crippen LogP contribution in [0.15, 0.2) is 11.4 Å². The van der Waals surface area contributed by atoms with E-state index in [4.69, 9.17) is 16.7 Å². The second kappa shape index (κ2) is 6.10. The highest BCUT2D eigenvalue weighted by atomic mass is 35.5. The third-order valence-electron chi connectivity index (χ3n) is 1.90. The van der Waals surface area contributed by atoms with Gasteiger partial charge in [0.05, 0.1) is 11.6 Å². The lowest BCUT2D eigenvalue weighted by molar-refractivity contribution is -0.121. The van der Waals surface area contributed by atoms with Crippen molar-refractivity contribution in [2.24, 2.45) is 0 Å². The van der Waals surface area contributed by atoms with Gasteiger partial charge in [0.1, 0.15) is 0 Å². The number of aryl methyl sites for hydroxylation is 1. The Morgan fingerprint density at radius 1 is 1.73 bits per heavy atom. The van der Waals surface area contributed by atoms with Crippen molar-refractivity contribution in [1.82, 2.24) is 5.32 Å². The summed E-state index contributed by atoms with van der Waals surface area (Å²) in [5.74, 6) is -0.0407. The Labute approximate surface area is 98.1 Å². The number of amides is 1. The van der Waals surface area contributed by atoms with Gasteiger partial charge < -0.3 is 10.4 Å². The predicted octanol–water partition coefficient (Wildman–Crippen LogP) is 1.83. The van der Waals surface area contributed by atoms with E-state index in [0.29, 0.717) is 12.8 Å². The molecule has 0 saturated heterocycles. The minimum atomic E-state index is -0.176. The van der Waals surface area contributed by atoms with Gasteiger partial charge in [0.15, 0.2) is 0 Å². The molecule has 0 aliphatic carbocycles. The summed E-state index contributed by atoms with van der Waals surface area (Å²) >= 11 is 7.31. The van der Waals surface area contributed by atoms with E-state index in [2.05, 4.69) is 5.32 Å². The molecule has 0 spiro atoms. The van der Waals surface area contributed by atoms with E-state index in [1.807, 2.05) is 11.4 Å². The molecule has 1 aromatic heterocycles. The molecule has 1 heterocycles. The third kappa shape index (κ3) is 4.64. The smallest absolute Gasteiger partial charge is 0.220 e. The Kier molecular flexibility index (Phi) is 5.08. The van der Waals surface area contributed by atoms with Gasteiger partial charge in [-0.2, -0.15) is 0 Å². The summed E-state index contributed by atoms with van der Waals surface area (Å²) < 4.78 is 0. The second-order valence-electron chi connectivity index (χ2n) is 3.38. The van der Waals surface area contributed by atoms with Crippen LogP contribution in [0.4, 0.5) is 0 Å². The first-order valence-corrected chi connectivity index (χ1v) is 6.00. The van der Waals surface area contributed by atoms with Crippen molar-refractivity contribution in [2.75, 3.05) is 6.61 Å². The van der Waals surface area contributed by atoms with E-state index in [-0.39, 0.29) is 18.6 Å². The average molecular weight is 248 g/mol. The molecule has 0 fully saturated rings. The van der Waals surface area contributed by atoms with Crippen molar-refractivity contribution in [2.45, 2.75) is 25.8 Å². The van der Waals surface area contributed by atoms with E-state index >= 15 is 0 Å². The van der Waals surface area contributed by atoms with Crippen LogP contribution in [0.1, 0.15) is 18.2 Å². The molecule has 0 radical (unpaired) electrons. The number of aliphatic hydroxyl groups is 1. The fraction of sp³-hybridized carbons (Fsp3) is 0.500. The molecule has 1 aromatic rings. The lowest BCUT2D eigenvalue weighted by Crippen LogP contribution is -2.35. The summed E-state index contributed by atoms with van der Waals surface area (Å²) in [4.78, 5) is 12.4. The van der Waals surface area contributed by atoms with Gasteiger partial charge in [-0.25, -0.2) is 0 Å². The fourth-order valence-corrected chi connectivity index (χ4v) is 2.19. The molecule has 3 nitrogen and oxygen atoms in total. The van der Waals surface area contributed by atoms with Crippen LogP contribution in [-0.2, 0) is 11.2 Å². The lowest BCUT2D eigenvalue weighted by atomic mass is 10.2. The van der Waals surface area contributed by atoms with E-state index in [1.54, 1.807) is 18.3 Å². The van der Waals surface area contributed by atoms with Crippen molar-refractivity contribution in [3.8, 4) is 0 Å². The van der Waals surface area contributed by atoms with Crippen LogP contribution in [0.5, 0.6) is 0 Å². The highest BCUT2D eigenvalue weighted by Crippen LogP contribution is 2.20. The Balaban J connectivity index is 2.28. The molecule has 1 atom stereocenters. The number of thiophene rings is 1. The van der Waals surface area contributed by atoms with Gasteiger partial charge in [0, 0.05) is 22.7 Å². The Hall–Kier alpha value is -0.580. The number of carbonyl (C=O) groups excluding carboxylic acids is 1. The van der Waals surface area contributed by atoms with Crippen molar-refractivity contribution in [1.29, 1.82) is 0 Å². The molecule has 1 unspecified atom stereocenters. The molecular formula is C10H14ClNO2S. The van der Waals surface area contributed by atoms with Gasteiger partial charge in [-0.15, -0.1) is 11.3 Å². The summed E-state index contributed by atoms with van der Waals surface area (Å²) in [5.41, 5.74) is 0. The summed E-state index contributed by atoms with van der Waals surface area (Å²) in [5, 5.41) is 14.0. The first kappa shape index (κ1) is 12.5. The number of aliphatic hydroxyl groups excluding tert-OH is 1. The van der Waals surface area contributed by atoms with E-state index in [1.165, 1.54) is 0 Å². The molecule has 0 aliphatic rings. The minimum Gasteiger partial charge on any atom is -0.394 e. The largest absolute Gasteiger partial charge is 0.394 e. The van der Waals surface area contributed by atoms with Crippen LogP contribution in [0.3, 0.4) is 0 Å². The first-order chi connectivity index (χ1) is 7.11. The van der Waals surface area contributed by atoms with Crippen molar-refractivity contribution >= 4 is 28.8 Å². The van der Waals surface area contributed by atoms with Crippen LogP contribution in [0, 0.1) is 0 Å². The van der Waals surface area contributed by atoms with Crippen LogP contribution in [-0.4, -0.2) is 23.7 Å². The molecule has 5 heteroatoms. The standard InChI is InChI=1S/C10H14ClNO2S/c1-7(5-13)12-10(14)3-2-9-4-8(11)6-15-9/h4,6-7,13H,2-3,5H2,1H3,(H,12,14). The molecule has 15 heavy (non-hydrogen) atoms. The number of halogens is 1. The van der Waals surface area contributed by atoms with Gasteiger partial charge in [-0.05, 0) is 19.4 Å². The number of carbonyl (C=O) groups is 1. The van der Waals surface area contributed by atoms with Crippen LogP contribution >= 0.6 is 22.9 Å². The fourth-order valence-electron chi connectivity index (χ4n) is 1.11. The Morgan fingerprint density at radius 2 is 2.47 bits per heavy atom. The number of nitrogens with one attached hydrogen (secondary N) is 1. The van der Waals surface area contributed by atoms with Gasteiger partial charge >= 0.3 is 0 Å². The first-order valence-electron chi connectivity index (χ1n) is 4.75. The Morgan fingerprint density at radius 3 is 3.00 bits per heavy atom. The summed E-state index contributed by atoms with van der Waals surface area (Å²) in [6.45, 7) is 1.73. The maximum Gasteiger partial charge on any atom is 0.220 e. The Bertz CT molecular complexity index is 327. The third-order valence-corrected chi connectivity index (χ3v) is 3.25. The summed E-state index contributed by atoms with van der Waals surface area (Å²) in [7, 11) is 0. The van der Waals surface area contributed by atoms with Crippen molar-refractivity contribution in [3.05, 3.63) is 21.3 Å². The van der Waals surface area contributed by atoms with E-state index < -0.39 is 0 Å². The summed E-state index contributed by atoms with van der Waals surface area (Å²) in [6, 6.07) is 1.69. The molecule has 2 N–H and O–H groups in total. The molecule has 0 bridgehead atoms. The van der Waals surface area contributed by atoms with Gasteiger partial charge in [-0.3, -0.25) is 4.79 Å². The SMILES string of the molecule is CC(CO)NC(=O)CCc1cc(Cl)cs1. The quantitative estimate of drug-likeness (QED) is 0.834. The normalized spacial score (nSPS) is 12.5. The average Bonchev–Trinajstić information content (AvgIpc) is 2.61. The molecule has 84 valence electrons. The second-order valence-corrected chi connectivity index (χ2v) is 4.81. The number of rotatable bonds is 5. The van der Waals surface area contributed by atoms with Gasteiger partial charge in [0.2, 0.25) is 5.91 Å².